The number of fused-ring (bicyclic) bond motifs is 1. The molecule has 0 amide bonds. The highest BCUT2D eigenvalue weighted by atomic mass is 16.3. The van der Waals surface area contributed by atoms with Gasteiger partial charge < -0.3 is 10.2 Å². The Labute approximate surface area is 98.6 Å². The van der Waals surface area contributed by atoms with E-state index in [4.69, 9.17) is 10.2 Å². The van der Waals surface area contributed by atoms with Gasteiger partial charge in [-0.1, -0.05) is 18.2 Å². The molecule has 0 atom stereocenters. The van der Waals surface area contributed by atoms with E-state index in [2.05, 4.69) is 5.10 Å². The fourth-order valence-corrected chi connectivity index (χ4v) is 2.18. The summed E-state index contributed by atoms with van der Waals surface area (Å²) in [5, 5.41) is 5.39. The molecular weight excluding hydrogens is 214 g/mol. The van der Waals surface area contributed by atoms with Gasteiger partial charge in [0.15, 0.2) is 0 Å². The molecule has 3 aromatic rings. The number of aryl methyl sites for hydroxylation is 2. The summed E-state index contributed by atoms with van der Waals surface area (Å²) >= 11 is 0. The van der Waals surface area contributed by atoms with Gasteiger partial charge in [-0.05, 0) is 13.0 Å². The van der Waals surface area contributed by atoms with Crippen molar-refractivity contribution in [2.45, 2.75) is 6.92 Å². The summed E-state index contributed by atoms with van der Waals surface area (Å²) in [5.41, 5.74) is 9.78. The Hall–Kier alpha value is -2.23. The summed E-state index contributed by atoms with van der Waals surface area (Å²) in [5.74, 6) is 0.661. The minimum absolute atomic E-state index is 0.661. The van der Waals surface area contributed by atoms with Crippen molar-refractivity contribution in [2.24, 2.45) is 7.05 Å². The fraction of sp³-hybridized carbons (Fsp3) is 0.154. The number of nitrogen functional groups attached to an aromatic ring is 1. The predicted molar refractivity (Wildman–Crippen MR) is 67.6 cm³/mol. The number of nitrogens with zero attached hydrogens (tertiary/aromatic N) is 2. The van der Waals surface area contributed by atoms with Crippen LogP contribution in [0.5, 0.6) is 0 Å². The van der Waals surface area contributed by atoms with E-state index >= 15 is 0 Å². The number of rotatable bonds is 1. The Bertz CT molecular complexity index is 694. The van der Waals surface area contributed by atoms with Crippen LogP contribution in [0.15, 0.2) is 34.9 Å². The number of hydrogen-bond donors (Lipinski definition) is 1. The lowest BCUT2D eigenvalue weighted by Gasteiger charge is -1.99. The van der Waals surface area contributed by atoms with Crippen LogP contribution in [0.25, 0.3) is 22.1 Å². The fourth-order valence-electron chi connectivity index (χ4n) is 2.18. The second kappa shape index (κ2) is 3.38. The van der Waals surface area contributed by atoms with E-state index < -0.39 is 0 Å². The number of para-hydroxylation sites is 1. The number of benzene rings is 1. The first-order chi connectivity index (χ1) is 8.18. The Morgan fingerprint density at radius 3 is 2.76 bits per heavy atom. The van der Waals surface area contributed by atoms with E-state index in [1.165, 1.54) is 0 Å². The molecule has 4 nitrogen and oxygen atoms in total. The topological polar surface area (TPSA) is 57.0 Å². The summed E-state index contributed by atoms with van der Waals surface area (Å²) in [4.78, 5) is 0. The normalized spacial score (nSPS) is 11.2. The molecule has 2 N–H and O–H groups in total. The molecule has 0 aliphatic carbocycles. The van der Waals surface area contributed by atoms with Gasteiger partial charge in [0.05, 0.1) is 17.5 Å². The zero-order valence-corrected chi connectivity index (χ0v) is 9.77. The third-order valence-corrected chi connectivity index (χ3v) is 3.02. The van der Waals surface area contributed by atoms with Crippen molar-refractivity contribution in [2.75, 3.05) is 5.73 Å². The van der Waals surface area contributed by atoms with Gasteiger partial charge in [0, 0.05) is 18.0 Å². The molecule has 0 fully saturated rings. The van der Waals surface area contributed by atoms with Gasteiger partial charge in [0.2, 0.25) is 0 Å². The van der Waals surface area contributed by atoms with Crippen LogP contribution in [0.3, 0.4) is 0 Å². The first kappa shape index (κ1) is 9.96. The monoisotopic (exact) mass is 227 g/mol. The second-order valence-electron chi connectivity index (χ2n) is 4.11. The minimum atomic E-state index is 0.661. The van der Waals surface area contributed by atoms with Gasteiger partial charge >= 0.3 is 0 Å². The smallest absolute Gasteiger partial charge is 0.134 e. The summed E-state index contributed by atoms with van der Waals surface area (Å²) in [6.07, 6.45) is 1.74. The standard InChI is InChI=1S/C13H13N3O/c1-8-12(13(14)16(2)15-8)10-7-17-11-6-4-3-5-9(10)11/h3-7H,14H2,1-2H3. The van der Waals surface area contributed by atoms with Gasteiger partial charge in [-0.25, -0.2) is 0 Å². The average Bonchev–Trinajstić information content (AvgIpc) is 2.82. The van der Waals surface area contributed by atoms with Crippen molar-refractivity contribution in [3.8, 4) is 11.1 Å². The van der Waals surface area contributed by atoms with Crippen LogP contribution in [-0.2, 0) is 7.05 Å². The van der Waals surface area contributed by atoms with Gasteiger partial charge in [-0.3, -0.25) is 4.68 Å². The van der Waals surface area contributed by atoms with Crippen molar-refractivity contribution >= 4 is 16.8 Å². The molecular formula is C13H13N3O. The summed E-state index contributed by atoms with van der Waals surface area (Å²) in [6, 6.07) is 7.92. The average molecular weight is 227 g/mol. The molecule has 0 unspecified atom stereocenters. The number of furan rings is 1. The lowest BCUT2D eigenvalue weighted by atomic mass is 10.1. The highest BCUT2D eigenvalue weighted by Gasteiger charge is 2.16. The van der Waals surface area contributed by atoms with Crippen molar-refractivity contribution in [3.05, 3.63) is 36.2 Å². The Balaban J connectivity index is 2.35. The van der Waals surface area contributed by atoms with E-state index in [-0.39, 0.29) is 0 Å². The second-order valence-corrected chi connectivity index (χ2v) is 4.11. The van der Waals surface area contributed by atoms with Gasteiger partial charge in [-0.15, -0.1) is 0 Å². The minimum Gasteiger partial charge on any atom is -0.464 e. The van der Waals surface area contributed by atoms with Crippen molar-refractivity contribution in [1.82, 2.24) is 9.78 Å². The van der Waals surface area contributed by atoms with Crippen molar-refractivity contribution in [3.63, 3.8) is 0 Å². The zero-order chi connectivity index (χ0) is 12.0. The molecule has 4 heteroatoms. The molecule has 0 bridgehead atoms. The maximum absolute atomic E-state index is 6.04. The molecule has 17 heavy (non-hydrogen) atoms. The highest BCUT2D eigenvalue weighted by molar-refractivity contribution is 5.97. The van der Waals surface area contributed by atoms with Crippen LogP contribution >= 0.6 is 0 Å². The molecule has 3 rings (SSSR count). The summed E-state index contributed by atoms with van der Waals surface area (Å²) in [7, 11) is 1.84. The van der Waals surface area contributed by atoms with Crippen LogP contribution < -0.4 is 5.73 Å². The summed E-state index contributed by atoms with van der Waals surface area (Å²) in [6.45, 7) is 1.95. The van der Waals surface area contributed by atoms with E-state index in [0.717, 1.165) is 27.8 Å². The maximum atomic E-state index is 6.04. The molecule has 0 aliphatic rings. The molecule has 2 aromatic heterocycles. The van der Waals surface area contributed by atoms with E-state index in [1.54, 1.807) is 10.9 Å². The van der Waals surface area contributed by atoms with Crippen LogP contribution in [0.2, 0.25) is 0 Å². The molecule has 2 heterocycles. The largest absolute Gasteiger partial charge is 0.464 e. The Morgan fingerprint density at radius 2 is 2.06 bits per heavy atom. The van der Waals surface area contributed by atoms with Crippen LogP contribution in [0.4, 0.5) is 5.82 Å². The first-order valence-corrected chi connectivity index (χ1v) is 5.44. The summed E-state index contributed by atoms with van der Waals surface area (Å²) < 4.78 is 7.22. The number of aromatic nitrogens is 2. The lowest BCUT2D eigenvalue weighted by molar-refractivity contribution is 0.617. The van der Waals surface area contributed by atoms with Gasteiger partial charge in [0.25, 0.3) is 0 Å². The van der Waals surface area contributed by atoms with Crippen LogP contribution in [-0.4, -0.2) is 9.78 Å². The highest BCUT2D eigenvalue weighted by Crippen LogP contribution is 2.35. The first-order valence-electron chi connectivity index (χ1n) is 5.44. The van der Waals surface area contributed by atoms with Crippen LogP contribution in [0, 0.1) is 6.92 Å². The number of nitrogens with two attached hydrogens (primary N) is 1. The molecule has 0 spiro atoms. The molecule has 1 aromatic carbocycles. The molecule has 0 aliphatic heterocycles. The molecule has 0 radical (unpaired) electrons. The number of anilines is 1. The third kappa shape index (κ3) is 1.34. The maximum Gasteiger partial charge on any atom is 0.134 e. The SMILES string of the molecule is Cc1nn(C)c(N)c1-c1coc2ccccc12. The van der Waals surface area contributed by atoms with E-state index in [0.29, 0.717) is 5.82 Å². The van der Waals surface area contributed by atoms with Crippen LogP contribution in [0.1, 0.15) is 5.69 Å². The third-order valence-electron chi connectivity index (χ3n) is 3.02. The molecule has 0 saturated heterocycles. The van der Waals surface area contributed by atoms with E-state index in [1.807, 2.05) is 38.2 Å². The van der Waals surface area contributed by atoms with Crippen molar-refractivity contribution in [1.29, 1.82) is 0 Å². The quantitative estimate of drug-likeness (QED) is 0.695. The molecule has 86 valence electrons. The van der Waals surface area contributed by atoms with Crippen molar-refractivity contribution < 1.29 is 4.42 Å². The predicted octanol–water partition coefficient (Wildman–Crippen LogP) is 2.72. The lowest BCUT2D eigenvalue weighted by Crippen LogP contribution is -1.97. The van der Waals surface area contributed by atoms with Gasteiger partial charge in [-0.2, -0.15) is 5.10 Å². The Kier molecular flexibility index (Phi) is 1.98. The number of hydrogen-bond acceptors (Lipinski definition) is 3. The van der Waals surface area contributed by atoms with Gasteiger partial charge in [0.1, 0.15) is 11.4 Å². The Morgan fingerprint density at radius 1 is 1.29 bits per heavy atom. The van der Waals surface area contributed by atoms with E-state index in [9.17, 15) is 0 Å². The molecule has 0 saturated carbocycles. The zero-order valence-electron chi connectivity index (χ0n) is 9.77.